The number of nitrogens with zero attached hydrogens (tertiary/aromatic N) is 1. The van der Waals surface area contributed by atoms with Crippen LogP contribution in [0.1, 0.15) is 11.7 Å². The molecule has 2 heterocycles. The molecular formula is C8H7NO2. The van der Waals surface area contributed by atoms with E-state index >= 15 is 0 Å². The van der Waals surface area contributed by atoms with Gasteiger partial charge < -0.3 is 9.67 Å². The zero-order valence-corrected chi connectivity index (χ0v) is 5.77. The lowest BCUT2D eigenvalue weighted by atomic mass is 10.3. The highest BCUT2D eigenvalue weighted by molar-refractivity contribution is 5.78. The predicted molar refractivity (Wildman–Crippen MR) is 40.1 cm³/mol. The zero-order chi connectivity index (χ0) is 7.84. The molecule has 1 atom stereocenters. The van der Waals surface area contributed by atoms with E-state index in [1.54, 1.807) is 16.8 Å². The van der Waals surface area contributed by atoms with E-state index in [-0.39, 0.29) is 0 Å². The summed E-state index contributed by atoms with van der Waals surface area (Å²) in [5, 5.41) is 8.71. The molecule has 0 fully saturated rings. The van der Waals surface area contributed by atoms with E-state index in [4.69, 9.17) is 5.11 Å². The Hall–Kier alpha value is -1.51. The third-order valence-corrected chi connectivity index (χ3v) is 1.81. The van der Waals surface area contributed by atoms with Gasteiger partial charge in [0.25, 0.3) is 0 Å². The Bertz CT molecular complexity index is 325. The topological polar surface area (TPSA) is 42.2 Å². The maximum absolute atomic E-state index is 10.6. The molecule has 0 radical (unpaired) electrons. The minimum atomic E-state index is -0.809. The van der Waals surface area contributed by atoms with Gasteiger partial charge in [0.2, 0.25) is 0 Å². The molecule has 1 aromatic rings. The molecule has 56 valence electrons. The number of hydrogen-bond acceptors (Lipinski definition) is 1. The summed E-state index contributed by atoms with van der Waals surface area (Å²) < 4.78 is 1.72. The molecule has 0 aliphatic carbocycles. The van der Waals surface area contributed by atoms with Gasteiger partial charge >= 0.3 is 5.97 Å². The zero-order valence-electron chi connectivity index (χ0n) is 5.77. The molecule has 1 N–H and O–H groups in total. The van der Waals surface area contributed by atoms with Crippen LogP contribution < -0.4 is 0 Å². The molecule has 0 amide bonds. The van der Waals surface area contributed by atoms with Crippen molar-refractivity contribution in [3.05, 3.63) is 30.1 Å². The molecule has 3 nitrogen and oxygen atoms in total. The van der Waals surface area contributed by atoms with Crippen LogP contribution >= 0.6 is 0 Å². The fourth-order valence-electron chi connectivity index (χ4n) is 1.29. The largest absolute Gasteiger partial charge is 0.479 e. The normalized spacial score (nSPS) is 20.2. The average molecular weight is 149 g/mol. The van der Waals surface area contributed by atoms with Gasteiger partial charge in [0.05, 0.1) is 0 Å². The van der Waals surface area contributed by atoms with E-state index in [9.17, 15) is 4.79 Å². The minimum absolute atomic E-state index is 0.500. The molecular weight excluding hydrogens is 142 g/mol. The maximum atomic E-state index is 10.6. The summed E-state index contributed by atoms with van der Waals surface area (Å²) in [6.07, 6.45) is 5.27. The molecule has 0 saturated carbocycles. The quantitative estimate of drug-likeness (QED) is 0.650. The molecule has 3 heteroatoms. The number of hydrogen-bond donors (Lipinski definition) is 1. The SMILES string of the molecule is O=C(O)C1C=Cc2cccn21. The van der Waals surface area contributed by atoms with E-state index in [1.807, 2.05) is 18.2 Å². The van der Waals surface area contributed by atoms with Gasteiger partial charge in [-0.3, -0.25) is 0 Å². The first-order chi connectivity index (χ1) is 5.29. The van der Waals surface area contributed by atoms with Gasteiger partial charge in [-0.1, -0.05) is 0 Å². The second-order valence-electron chi connectivity index (χ2n) is 2.48. The first-order valence-electron chi connectivity index (χ1n) is 3.37. The summed E-state index contributed by atoms with van der Waals surface area (Å²) in [5.74, 6) is -0.809. The number of fused-ring (bicyclic) bond motifs is 1. The van der Waals surface area contributed by atoms with Crippen LogP contribution in [0.2, 0.25) is 0 Å². The van der Waals surface area contributed by atoms with Crippen LogP contribution in [-0.2, 0) is 4.79 Å². The van der Waals surface area contributed by atoms with Crippen LogP contribution in [0.5, 0.6) is 0 Å². The maximum Gasteiger partial charge on any atom is 0.330 e. The second kappa shape index (κ2) is 1.99. The summed E-state index contributed by atoms with van der Waals surface area (Å²) in [6.45, 7) is 0. The predicted octanol–water partition coefficient (Wildman–Crippen LogP) is 1.14. The molecule has 2 rings (SSSR count). The highest BCUT2D eigenvalue weighted by Gasteiger charge is 2.21. The van der Waals surface area contributed by atoms with Crippen molar-refractivity contribution < 1.29 is 9.90 Å². The van der Waals surface area contributed by atoms with Gasteiger partial charge in [-0.15, -0.1) is 0 Å². The molecule has 11 heavy (non-hydrogen) atoms. The third-order valence-electron chi connectivity index (χ3n) is 1.81. The fourth-order valence-corrected chi connectivity index (χ4v) is 1.29. The fraction of sp³-hybridized carbons (Fsp3) is 0.125. The van der Waals surface area contributed by atoms with Gasteiger partial charge in [-0.25, -0.2) is 4.79 Å². The van der Waals surface area contributed by atoms with E-state index in [0.717, 1.165) is 5.69 Å². The van der Waals surface area contributed by atoms with Gasteiger partial charge in [0.1, 0.15) is 6.04 Å². The summed E-state index contributed by atoms with van der Waals surface area (Å²) in [5.41, 5.74) is 0.956. The van der Waals surface area contributed by atoms with E-state index in [1.165, 1.54) is 0 Å². The molecule has 0 bridgehead atoms. The van der Waals surface area contributed by atoms with Crippen molar-refractivity contribution in [3.8, 4) is 0 Å². The number of aromatic nitrogens is 1. The first kappa shape index (κ1) is 6.22. The van der Waals surface area contributed by atoms with Crippen molar-refractivity contribution in [2.75, 3.05) is 0 Å². The van der Waals surface area contributed by atoms with Crippen molar-refractivity contribution in [2.24, 2.45) is 0 Å². The van der Waals surface area contributed by atoms with Crippen LogP contribution in [0.3, 0.4) is 0 Å². The Balaban J connectivity index is 2.46. The van der Waals surface area contributed by atoms with Gasteiger partial charge in [0, 0.05) is 11.9 Å². The number of rotatable bonds is 1. The molecule has 0 saturated heterocycles. The van der Waals surface area contributed by atoms with Crippen molar-refractivity contribution in [1.29, 1.82) is 0 Å². The van der Waals surface area contributed by atoms with E-state index < -0.39 is 12.0 Å². The highest BCUT2D eigenvalue weighted by Crippen LogP contribution is 2.22. The highest BCUT2D eigenvalue weighted by atomic mass is 16.4. The van der Waals surface area contributed by atoms with Gasteiger partial charge in [-0.05, 0) is 24.3 Å². The average Bonchev–Trinajstić information content (AvgIpc) is 2.41. The Labute approximate surface area is 63.6 Å². The summed E-state index contributed by atoms with van der Waals surface area (Å²) in [4.78, 5) is 10.6. The molecule has 0 spiro atoms. The number of carbonyl (C=O) groups is 1. The summed E-state index contributed by atoms with van der Waals surface area (Å²) >= 11 is 0. The third kappa shape index (κ3) is 0.774. The van der Waals surface area contributed by atoms with Crippen LogP contribution in [-0.4, -0.2) is 15.6 Å². The standard InChI is InChI=1S/C8H7NO2/c10-8(11)7-4-3-6-2-1-5-9(6)7/h1-5,7H,(H,10,11). The van der Waals surface area contributed by atoms with Crippen molar-refractivity contribution in [3.63, 3.8) is 0 Å². The van der Waals surface area contributed by atoms with E-state index in [2.05, 4.69) is 0 Å². The summed E-state index contributed by atoms with van der Waals surface area (Å²) in [7, 11) is 0. The molecule has 1 aromatic heterocycles. The molecule has 1 unspecified atom stereocenters. The van der Waals surface area contributed by atoms with Gasteiger partial charge in [0.15, 0.2) is 0 Å². The van der Waals surface area contributed by atoms with Crippen LogP contribution in [0.25, 0.3) is 6.08 Å². The lowest BCUT2D eigenvalue weighted by Crippen LogP contribution is -2.13. The molecule has 1 aliphatic rings. The lowest BCUT2D eigenvalue weighted by molar-refractivity contribution is -0.139. The number of carboxylic acids is 1. The van der Waals surface area contributed by atoms with Crippen molar-refractivity contribution >= 4 is 12.0 Å². The van der Waals surface area contributed by atoms with Crippen LogP contribution in [0, 0.1) is 0 Å². The Morgan fingerprint density at radius 2 is 2.45 bits per heavy atom. The summed E-state index contributed by atoms with van der Waals surface area (Å²) in [6, 6.07) is 3.23. The van der Waals surface area contributed by atoms with Crippen LogP contribution in [0.15, 0.2) is 24.4 Å². The molecule has 0 aromatic carbocycles. The lowest BCUT2D eigenvalue weighted by Gasteiger charge is -2.05. The first-order valence-corrected chi connectivity index (χ1v) is 3.37. The number of carboxylic acid groups (broad SMARTS) is 1. The van der Waals surface area contributed by atoms with Crippen LogP contribution in [0.4, 0.5) is 0 Å². The van der Waals surface area contributed by atoms with E-state index in [0.29, 0.717) is 0 Å². The Morgan fingerprint density at radius 1 is 1.64 bits per heavy atom. The smallest absolute Gasteiger partial charge is 0.330 e. The number of aliphatic carboxylic acids is 1. The monoisotopic (exact) mass is 149 g/mol. The second-order valence-corrected chi connectivity index (χ2v) is 2.48. The minimum Gasteiger partial charge on any atom is -0.479 e. The van der Waals surface area contributed by atoms with Gasteiger partial charge in [-0.2, -0.15) is 0 Å². The molecule has 1 aliphatic heterocycles. The Morgan fingerprint density at radius 3 is 3.18 bits per heavy atom. The van der Waals surface area contributed by atoms with Crippen molar-refractivity contribution in [1.82, 2.24) is 4.57 Å². The Kier molecular flexibility index (Phi) is 1.12. The van der Waals surface area contributed by atoms with Crippen molar-refractivity contribution in [2.45, 2.75) is 6.04 Å².